The van der Waals surface area contributed by atoms with Crippen LogP contribution in [0.1, 0.15) is 36.0 Å². The molecule has 0 aromatic heterocycles. The largest absolute Gasteiger partial charge is 0.378 e. The summed E-state index contributed by atoms with van der Waals surface area (Å²) in [5, 5.41) is 2.95. The van der Waals surface area contributed by atoms with Crippen LogP contribution in [0.5, 0.6) is 0 Å². The van der Waals surface area contributed by atoms with Gasteiger partial charge >= 0.3 is 0 Å². The standard InChI is InChI=1S/C28H33N3O2S/c1-20(32)34-19-18-27(33)29-24-12-6-21(7-13-24)28(22-8-14-25(15-9-22)30(2)3)23-10-16-26(17-11-23)31(4)5/h6-17,28H,18-19H2,1-5H3,(H,29,33). The predicted octanol–water partition coefficient (Wildman–Crippen LogP) is 5.61. The SMILES string of the molecule is CC(=O)SCCC(=O)Nc1ccc(C(c2ccc(N(C)C)cc2)c2ccc(N(C)C)cc2)cc1. The Hall–Kier alpha value is -3.25. The second-order valence-corrected chi connectivity index (χ2v) is 9.94. The summed E-state index contributed by atoms with van der Waals surface area (Å²) in [7, 11) is 8.16. The number of amides is 1. The van der Waals surface area contributed by atoms with E-state index in [9.17, 15) is 9.59 Å². The number of nitrogens with one attached hydrogen (secondary N) is 1. The van der Waals surface area contributed by atoms with Crippen LogP contribution in [-0.4, -0.2) is 45.0 Å². The van der Waals surface area contributed by atoms with Crippen LogP contribution in [-0.2, 0) is 9.59 Å². The minimum Gasteiger partial charge on any atom is -0.378 e. The maximum atomic E-state index is 12.2. The monoisotopic (exact) mass is 475 g/mol. The summed E-state index contributed by atoms with van der Waals surface area (Å²) in [6, 6.07) is 25.3. The van der Waals surface area contributed by atoms with Crippen LogP contribution in [0.15, 0.2) is 72.8 Å². The van der Waals surface area contributed by atoms with E-state index in [1.54, 1.807) is 0 Å². The van der Waals surface area contributed by atoms with Gasteiger partial charge in [-0.3, -0.25) is 9.59 Å². The van der Waals surface area contributed by atoms with Crippen molar-refractivity contribution in [1.82, 2.24) is 0 Å². The minimum atomic E-state index is -0.0865. The molecule has 6 heteroatoms. The van der Waals surface area contributed by atoms with Crippen molar-refractivity contribution < 1.29 is 9.59 Å². The highest BCUT2D eigenvalue weighted by atomic mass is 32.2. The molecule has 0 saturated heterocycles. The topological polar surface area (TPSA) is 52.7 Å². The van der Waals surface area contributed by atoms with Crippen LogP contribution >= 0.6 is 11.8 Å². The first-order valence-electron chi connectivity index (χ1n) is 11.3. The number of hydrogen-bond donors (Lipinski definition) is 1. The molecule has 0 spiro atoms. The van der Waals surface area contributed by atoms with Crippen LogP contribution in [0.4, 0.5) is 17.1 Å². The van der Waals surface area contributed by atoms with Gasteiger partial charge in [0, 0.05) is 70.3 Å². The van der Waals surface area contributed by atoms with Crippen molar-refractivity contribution in [1.29, 1.82) is 0 Å². The molecule has 0 fully saturated rings. The van der Waals surface area contributed by atoms with E-state index in [4.69, 9.17) is 0 Å². The summed E-state index contributed by atoms with van der Waals surface area (Å²) < 4.78 is 0. The zero-order chi connectivity index (χ0) is 24.7. The molecule has 0 aliphatic heterocycles. The highest BCUT2D eigenvalue weighted by Crippen LogP contribution is 2.34. The zero-order valence-electron chi connectivity index (χ0n) is 20.5. The van der Waals surface area contributed by atoms with Gasteiger partial charge in [-0.25, -0.2) is 0 Å². The Morgan fingerprint density at radius 1 is 0.735 bits per heavy atom. The molecule has 34 heavy (non-hydrogen) atoms. The minimum absolute atomic E-state index is 0.0282. The summed E-state index contributed by atoms with van der Waals surface area (Å²) in [5.41, 5.74) is 6.65. The van der Waals surface area contributed by atoms with Gasteiger partial charge in [-0.15, -0.1) is 0 Å². The molecular formula is C28H33N3O2S. The molecule has 1 amide bonds. The number of thioether (sulfide) groups is 1. The van der Waals surface area contributed by atoms with E-state index in [-0.39, 0.29) is 16.9 Å². The number of nitrogens with zero attached hydrogens (tertiary/aromatic N) is 2. The van der Waals surface area contributed by atoms with E-state index in [2.05, 4.69) is 75.8 Å². The summed E-state index contributed by atoms with van der Waals surface area (Å²) in [6.07, 6.45) is 0.311. The van der Waals surface area contributed by atoms with Gasteiger partial charge < -0.3 is 15.1 Å². The maximum absolute atomic E-state index is 12.2. The van der Waals surface area contributed by atoms with E-state index in [1.165, 1.54) is 29.8 Å². The Bertz CT molecular complexity index is 1040. The van der Waals surface area contributed by atoms with E-state index in [0.29, 0.717) is 12.2 Å². The summed E-state index contributed by atoms with van der Waals surface area (Å²) in [6.45, 7) is 1.51. The fourth-order valence-corrected chi connectivity index (χ4v) is 4.35. The summed E-state index contributed by atoms with van der Waals surface area (Å²) >= 11 is 1.17. The van der Waals surface area contributed by atoms with Crippen molar-refractivity contribution in [2.75, 3.05) is 49.1 Å². The van der Waals surface area contributed by atoms with Crippen LogP contribution in [0, 0.1) is 0 Å². The molecule has 3 rings (SSSR count). The Morgan fingerprint density at radius 3 is 1.53 bits per heavy atom. The van der Waals surface area contributed by atoms with Crippen molar-refractivity contribution in [3.05, 3.63) is 89.5 Å². The van der Waals surface area contributed by atoms with Crippen LogP contribution in [0.25, 0.3) is 0 Å². The average molecular weight is 476 g/mol. The quantitative estimate of drug-likeness (QED) is 0.408. The van der Waals surface area contributed by atoms with Gasteiger partial charge in [0.1, 0.15) is 0 Å². The Morgan fingerprint density at radius 2 is 1.15 bits per heavy atom. The first kappa shape index (κ1) is 25.4. The lowest BCUT2D eigenvalue weighted by molar-refractivity contribution is -0.115. The third-order valence-electron chi connectivity index (χ3n) is 5.65. The molecule has 0 radical (unpaired) electrons. The van der Waals surface area contributed by atoms with Crippen molar-refractivity contribution in [3.8, 4) is 0 Å². The van der Waals surface area contributed by atoms with Gasteiger partial charge in [-0.05, 0) is 53.1 Å². The average Bonchev–Trinajstić information content (AvgIpc) is 2.81. The van der Waals surface area contributed by atoms with Gasteiger partial charge in [0.05, 0.1) is 0 Å². The van der Waals surface area contributed by atoms with Crippen molar-refractivity contribution in [2.45, 2.75) is 19.3 Å². The second kappa shape index (κ2) is 11.7. The molecule has 0 saturated carbocycles. The van der Waals surface area contributed by atoms with Gasteiger partial charge in [-0.1, -0.05) is 48.2 Å². The molecule has 0 unspecified atom stereocenters. The smallest absolute Gasteiger partial charge is 0.225 e. The van der Waals surface area contributed by atoms with Crippen molar-refractivity contribution in [2.24, 2.45) is 0 Å². The van der Waals surface area contributed by atoms with Gasteiger partial charge in [0.15, 0.2) is 5.12 Å². The predicted molar refractivity (Wildman–Crippen MR) is 145 cm³/mol. The van der Waals surface area contributed by atoms with Gasteiger partial charge in [0.2, 0.25) is 5.91 Å². The summed E-state index contributed by atoms with van der Waals surface area (Å²) in [5.74, 6) is 0.480. The highest BCUT2D eigenvalue weighted by Gasteiger charge is 2.18. The second-order valence-electron chi connectivity index (χ2n) is 8.67. The summed E-state index contributed by atoms with van der Waals surface area (Å²) in [4.78, 5) is 27.4. The van der Waals surface area contributed by atoms with Crippen LogP contribution in [0.2, 0.25) is 0 Å². The van der Waals surface area contributed by atoms with Crippen molar-refractivity contribution >= 4 is 39.8 Å². The maximum Gasteiger partial charge on any atom is 0.225 e. The number of hydrogen-bond acceptors (Lipinski definition) is 5. The molecule has 0 atom stereocenters. The molecule has 5 nitrogen and oxygen atoms in total. The number of rotatable bonds is 9. The van der Waals surface area contributed by atoms with Gasteiger partial charge in [-0.2, -0.15) is 0 Å². The first-order valence-corrected chi connectivity index (χ1v) is 12.3. The van der Waals surface area contributed by atoms with E-state index in [0.717, 1.165) is 22.6 Å². The lowest BCUT2D eigenvalue weighted by Gasteiger charge is -2.22. The number of anilines is 3. The third kappa shape index (κ3) is 6.87. The molecule has 3 aromatic carbocycles. The Labute approximate surface area is 207 Å². The molecule has 178 valence electrons. The van der Waals surface area contributed by atoms with E-state index < -0.39 is 0 Å². The Balaban J connectivity index is 1.85. The lowest BCUT2D eigenvalue weighted by Crippen LogP contribution is -2.13. The highest BCUT2D eigenvalue weighted by molar-refractivity contribution is 8.13. The lowest BCUT2D eigenvalue weighted by atomic mass is 9.85. The van der Waals surface area contributed by atoms with Crippen molar-refractivity contribution in [3.63, 3.8) is 0 Å². The molecular weight excluding hydrogens is 442 g/mol. The zero-order valence-corrected chi connectivity index (χ0v) is 21.4. The normalized spacial score (nSPS) is 10.8. The van der Waals surface area contributed by atoms with Crippen LogP contribution < -0.4 is 15.1 Å². The number of carbonyl (C=O) groups excluding carboxylic acids is 2. The van der Waals surface area contributed by atoms with Gasteiger partial charge in [0.25, 0.3) is 0 Å². The fraction of sp³-hybridized carbons (Fsp3) is 0.286. The fourth-order valence-electron chi connectivity index (χ4n) is 3.78. The van der Waals surface area contributed by atoms with E-state index in [1.807, 2.05) is 40.3 Å². The first-order chi connectivity index (χ1) is 16.2. The molecule has 1 N–H and O–H groups in total. The molecule has 3 aromatic rings. The molecule has 0 heterocycles. The number of carbonyl (C=O) groups is 2. The molecule has 0 aliphatic carbocycles. The Kier molecular flexibility index (Phi) is 8.77. The number of benzene rings is 3. The van der Waals surface area contributed by atoms with Crippen LogP contribution in [0.3, 0.4) is 0 Å². The van der Waals surface area contributed by atoms with E-state index >= 15 is 0 Å². The molecule has 0 bridgehead atoms. The molecule has 0 aliphatic rings. The third-order valence-corrected chi connectivity index (χ3v) is 6.46.